The number of anilines is 1. The van der Waals surface area contributed by atoms with Gasteiger partial charge in [0.15, 0.2) is 34.7 Å². The lowest BCUT2D eigenvalue weighted by atomic mass is 10.1. The number of fused-ring (bicyclic) bond motifs is 1. The van der Waals surface area contributed by atoms with Crippen molar-refractivity contribution in [2.75, 3.05) is 26.1 Å². The van der Waals surface area contributed by atoms with Crippen LogP contribution in [0.15, 0.2) is 24.8 Å². The Kier molecular flexibility index (Phi) is 5.78. The van der Waals surface area contributed by atoms with Crippen molar-refractivity contribution in [2.24, 2.45) is 0 Å². The number of methoxy groups -OCH3 is 2. The Balaban J connectivity index is 1.61. The number of imidazole rings is 1. The number of aliphatic hydroxyl groups excluding tert-OH is 3. The van der Waals surface area contributed by atoms with Gasteiger partial charge in [-0.15, -0.1) is 0 Å². The van der Waals surface area contributed by atoms with E-state index in [9.17, 15) is 20.4 Å². The summed E-state index contributed by atoms with van der Waals surface area (Å²) in [6.07, 6.45) is -1.60. The van der Waals surface area contributed by atoms with Crippen molar-refractivity contribution in [1.29, 1.82) is 0 Å². The maximum Gasteiger partial charge on any atom is 0.203 e. The number of aromatic hydroxyl groups is 1. The maximum absolute atomic E-state index is 10.3. The van der Waals surface area contributed by atoms with E-state index in [1.54, 1.807) is 6.07 Å². The number of ether oxygens (including phenoxy) is 3. The number of hydrogen-bond acceptors (Lipinski definition) is 11. The molecule has 12 nitrogen and oxygen atoms in total. The number of rotatable bonds is 7. The summed E-state index contributed by atoms with van der Waals surface area (Å²) in [5.74, 6) is 0.995. The summed E-state index contributed by atoms with van der Waals surface area (Å²) in [6.45, 7) is -0.145. The topological polar surface area (TPSA) is 164 Å². The number of aliphatic hydroxyl groups is 3. The molecule has 1 unspecified atom stereocenters. The van der Waals surface area contributed by atoms with Gasteiger partial charge in [-0.2, -0.15) is 0 Å². The Hall–Kier alpha value is -3.19. The normalized spacial score (nSPS) is 23.3. The first-order valence-electron chi connectivity index (χ1n) is 9.46. The second-order valence-electron chi connectivity index (χ2n) is 6.94. The third-order valence-electron chi connectivity index (χ3n) is 5.18. The fraction of sp³-hybridized carbons (Fsp3) is 0.421. The molecule has 0 bridgehead atoms. The zero-order valence-electron chi connectivity index (χ0n) is 16.8. The number of nitrogens with one attached hydrogen (secondary N) is 1. The first-order chi connectivity index (χ1) is 15.0. The van der Waals surface area contributed by atoms with E-state index in [1.165, 1.54) is 37.5 Å². The van der Waals surface area contributed by atoms with Crippen LogP contribution in [0.1, 0.15) is 11.8 Å². The minimum Gasteiger partial charge on any atom is -0.504 e. The molecule has 4 atom stereocenters. The van der Waals surface area contributed by atoms with Crippen molar-refractivity contribution in [3.05, 3.63) is 30.4 Å². The molecule has 0 radical (unpaired) electrons. The molecular formula is C19H23N5O7. The van der Waals surface area contributed by atoms with Gasteiger partial charge < -0.3 is 40.0 Å². The van der Waals surface area contributed by atoms with Crippen LogP contribution in [-0.2, 0) is 11.3 Å². The van der Waals surface area contributed by atoms with Crippen molar-refractivity contribution in [3.63, 3.8) is 0 Å². The molecule has 1 aliphatic heterocycles. The first kappa shape index (κ1) is 21.1. The van der Waals surface area contributed by atoms with Crippen molar-refractivity contribution >= 4 is 17.0 Å². The van der Waals surface area contributed by atoms with E-state index in [0.29, 0.717) is 28.3 Å². The minimum atomic E-state index is -1.25. The number of phenolic OH excluding ortho intramolecular Hbond substituents is 1. The van der Waals surface area contributed by atoms with Crippen molar-refractivity contribution in [1.82, 2.24) is 19.5 Å². The molecule has 0 spiro atoms. The van der Waals surface area contributed by atoms with E-state index in [-0.39, 0.29) is 18.0 Å². The summed E-state index contributed by atoms with van der Waals surface area (Å²) in [7, 11) is 2.92. The predicted octanol–water partition coefficient (Wildman–Crippen LogP) is -0.227. The number of aromatic nitrogens is 4. The lowest BCUT2D eigenvalue weighted by Gasteiger charge is -2.16. The maximum atomic E-state index is 10.3. The van der Waals surface area contributed by atoms with Gasteiger partial charge in [0.2, 0.25) is 5.75 Å². The zero-order valence-corrected chi connectivity index (χ0v) is 16.8. The molecule has 31 heavy (non-hydrogen) atoms. The van der Waals surface area contributed by atoms with Gasteiger partial charge in [-0.25, -0.2) is 15.0 Å². The SMILES string of the molecule is COc1c(O)ccc(CNc2ncnc3c2ncn3C2O[C@H](CO)[C@@H](O)[C@H]2O)c1OC. The van der Waals surface area contributed by atoms with Crippen molar-refractivity contribution < 1.29 is 34.6 Å². The molecule has 166 valence electrons. The van der Waals surface area contributed by atoms with E-state index in [4.69, 9.17) is 14.2 Å². The summed E-state index contributed by atoms with van der Waals surface area (Å²) in [4.78, 5) is 12.8. The molecule has 0 amide bonds. The fourth-order valence-electron chi connectivity index (χ4n) is 3.61. The van der Waals surface area contributed by atoms with Crippen LogP contribution in [0, 0.1) is 0 Å². The van der Waals surface area contributed by atoms with Gasteiger partial charge >= 0.3 is 0 Å². The van der Waals surface area contributed by atoms with Gasteiger partial charge in [-0.05, 0) is 12.1 Å². The smallest absolute Gasteiger partial charge is 0.203 e. The lowest BCUT2D eigenvalue weighted by molar-refractivity contribution is -0.0511. The van der Waals surface area contributed by atoms with Gasteiger partial charge in [-0.3, -0.25) is 4.57 Å². The van der Waals surface area contributed by atoms with E-state index < -0.39 is 31.1 Å². The monoisotopic (exact) mass is 433 g/mol. The number of benzene rings is 1. The molecule has 1 aromatic carbocycles. The van der Waals surface area contributed by atoms with E-state index in [1.807, 2.05) is 0 Å². The first-order valence-corrected chi connectivity index (χ1v) is 9.46. The molecule has 1 fully saturated rings. The Labute approximate surface area is 176 Å². The minimum absolute atomic E-state index is 0.0373. The van der Waals surface area contributed by atoms with Gasteiger partial charge in [0.25, 0.3) is 0 Å². The molecule has 1 saturated heterocycles. The van der Waals surface area contributed by atoms with Crippen LogP contribution < -0.4 is 14.8 Å². The van der Waals surface area contributed by atoms with Crippen LogP contribution in [0.25, 0.3) is 11.2 Å². The van der Waals surface area contributed by atoms with Crippen molar-refractivity contribution in [3.8, 4) is 17.2 Å². The molecule has 0 saturated carbocycles. The molecule has 1 aliphatic rings. The summed E-state index contributed by atoms with van der Waals surface area (Å²) in [5.41, 5.74) is 1.51. The van der Waals surface area contributed by atoms with Gasteiger partial charge in [0, 0.05) is 12.1 Å². The van der Waals surface area contributed by atoms with Gasteiger partial charge in [0.05, 0.1) is 27.2 Å². The number of hydrogen-bond donors (Lipinski definition) is 5. The Morgan fingerprint density at radius 3 is 2.55 bits per heavy atom. The van der Waals surface area contributed by atoms with Crippen LogP contribution in [0.4, 0.5) is 5.82 Å². The quantitative estimate of drug-likeness (QED) is 0.334. The van der Waals surface area contributed by atoms with E-state index in [2.05, 4.69) is 20.3 Å². The molecule has 12 heteroatoms. The second kappa shape index (κ2) is 8.51. The molecule has 0 aliphatic carbocycles. The third-order valence-corrected chi connectivity index (χ3v) is 5.18. The van der Waals surface area contributed by atoms with E-state index >= 15 is 0 Å². The average molecular weight is 433 g/mol. The molecule has 5 N–H and O–H groups in total. The summed E-state index contributed by atoms with van der Waals surface area (Å²) >= 11 is 0. The van der Waals surface area contributed by atoms with Gasteiger partial charge in [-0.1, -0.05) is 0 Å². The third kappa shape index (κ3) is 3.59. The van der Waals surface area contributed by atoms with Crippen LogP contribution in [0.2, 0.25) is 0 Å². The summed E-state index contributed by atoms with van der Waals surface area (Å²) in [5, 5.41) is 42.7. The Bertz CT molecular complexity index is 1080. The van der Waals surface area contributed by atoms with Crippen molar-refractivity contribution in [2.45, 2.75) is 31.1 Å². The highest BCUT2D eigenvalue weighted by atomic mass is 16.6. The van der Waals surface area contributed by atoms with E-state index in [0.717, 1.165) is 0 Å². The standard InChI is InChI=1S/C19H23N5O7/c1-29-15-9(3-4-10(26)16(15)30-2)5-20-17-12-18(22-7-21-17)24(8-23-12)19-14(28)13(27)11(6-25)31-19/h3-4,7-8,11,13-14,19,25-28H,5-6H2,1-2H3,(H,20,21,22)/t11-,13-,14-,19?/m1/s1. The molecule has 4 rings (SSSR count). The van der Waals surface area contributed by atoms with Crippen LogP contribution in [0.5, 0.6) is 17.2 Å². The highest BCUT2D eigenvalue weighted by Crippen LogP contribution is 2.39. The lowest BCUT2D eigenvalue weighted by Crippen LogP contribution is -2.33. The predicted molar refractivity (Wildman–Crippen MR) is 107 cm³/mol. The highest BCUT2D eigenvalue weighted by Gasteiger charge is 2.44. The number of nitrogens with zero attached hydrogens (tertiary/aromatic N) is 4. The molecule has 3 aromatic rings. The number of phenols is 1. The summed E-state index contributed by atoms with van der Waals surface area (Å²) in [6, 6.07) is 3.20. The Morgan fingerprint density at radius 2 is 1.87 bits per heavy atom. The highest BCUT2D eigenvalue weighted by molar-refractivity contribution is 5.82. The van der Waals surface area contributed by atoms with Crippen LogP contribution in [0.3, 0.4) is 0 Å². The molecule has 2 aromatic heterocycles. The Morgan fingerprint density at radius 1 is 1.10 bits per heavy atom. The largest absolute Gasteiger partial charge is 0.504 e. The van der Waals surface area contributed by atoms with Gasteiger partial charge in [0.1, 0.15) is 24.6 Å². The second-order valence-corrected chi connectivity index (χ2v) is 6.94. The van der Waals surface area contributed by atoms with Crippen LogP contribution in [-0.4, -0.2) is 79.1 Å². The average Bonchev–Trinajstić information content (AvgIpc) is 3.33. The summed E-state index contributed by atoms with van der Waals surface area (Å²) < 4.78 is 17.6. The van der Waals surface area contributed by atoms with Crippen LogP contribution >= 0.6 is 0 Å². The molecule has 3 heterocycles. The fourth-order valence-corrected chi connectivity index (χ4v) is 3.61. The molecular weight excluding hydrogens is 410 g/mol. The zero-order chi connectivity index (χ0) is 22.1.